The van der Waals surface area contributed by atoms with Crippen molar-refractivity contribution in [2.45, 2.75) is 13.8 Å². The molecule has 0 saturated carbocycles. The highest BCUT2D eigenvalue weighted by atomic mass is 32.1. The number of methoxy groups -OCH3 is 2. The standard InChI is InChI=1S/C12H24N2O3S/c1-9(2)10(11(13)18)12(15)14(5-7-16-3)6-8-17-4/h9-10H,5-8H2,1-4H3,(H2,13,18). The lowest BCUT2D eigenvalue weighted by atomic mass is 9.94. The average Bonchev–Trinajstić information content (AvgIpc) is 2.28. The molecule has 0 fully saturated rings. The van der Waals surface area contributed by atoms with E-state index in [0.717, 1.165) is 0 Å². The third-order valence-corrected chi connectivity index (χ3v) is 2.94. The van der Waals surface area contributed by atoms with Crippen molar-refractivity contribution in [3.05, 3.63) is 0 Å². The number of ether oxygens (including phenoxy) is 2. The van der Waals surface area contributed by atoms with Gasteiger partial charge in [-0.3, -0.25) is 4.79 Å². The Labute approximate surface area is 115 Å². The molecule has 0 spiro atoms. The Balaban J connectivity index is 4.72. The van der Waals surface area contributed by atoms with Crippen LogP contribution in [0.25, 0.3) is 0 Å². The summed E-state index contributed by atoms with van der Waals surface area (Å²) in [6.45, 7) is 5.88. The van der Waals surface area contributed by atoms with Gasteiger partial charge < -0.3 is 20.1 Å². The van der Waals surface area contributed by atoms with Crippen molar-refractivity contribution in [2.24, 2.45) is 17.6 Å². The molecule has 0 bridgehead atoms. The summed E-state index contributed by atoms with van der Waals surface area (Å²) < 4.78 is 10.0. The fourth-order valence-corrected chi connectivity index (χ4v) is 2.04. The van der Waals surface area contributed by atoms with Gasteiger partial charge >= 0.3 is 0 Å². The molecule has 0 aromatic heterocycles. The molecule has 0 radical (unpaired) electrons. The van der Waals surface area contributed by atoms with Crippen LogP contribution in [0.1, 0.15) is 13.8 Å². The van der Waals surface area contributed by atoms with E-state index in [2.05, 4.69) is 0 Å². The number of amides is 1. The molecule has 106 valence electrons. The normalized spacial score (nSPS) is 12.5. The quantitative estimate of drug-likeness (QED) is 0.627. The number of hydrogen-bond donors (Lipinski definition) is 1. The van der Waals surface area contributed by atoms with E-state index in [1.54, 1.807) is 19.1 Å². The van der Waals surface area contributed by atoms with Crippen LogP contribution >= 0.6 is 12.2 Å². The zero-order valence-electron chi connectivity index (χ0n) is 11.6. The SMILES string of the molecule is COCCN(CCOC)C(=O)C(C(N)=S)C(C)C. The van der Waals surface area contributed by atoms with Crippen LogP contribution in [0.2, 0.25) is 0 Å². The summed E-state index contributed by atoms with van der Waals surface area (Å²) in [6.07, 6.45) is 0. The van der Waals surface area contributed by atoms with Crippen LogP contribution in [0.4, 0.5) is 0 Å². The molecule has 0 aromatic carbocycles. The highest BCUT2D eigenvalue weighted by Gasteiger charge is 2.29. The molecule has 0 heterocycles. The third-order valence-electron chi connectivity index (χ3n) is 2.68. The van der Waals surface area contributed by atoms with E-state index in [4.69, 9.17) is 27.4 Å². The Kier molecular flexibility index (Phi) is 8.87. The van der Waals surface area contributed by atoms with Gasteiger partial charge in [0.1, 0.15) is 0 Å². The first-order valence-electron chi connectivity index (χ1n) is 6.01. The molecule has 0 aliphatic rings. The van der Waals surface area contributed by atoms with E-state index >= 15 is 0 Å². The summed E-state index contributed by atoms with van der Waals surface area (Å²) in [5.41, 5.74) is 5.66. The molecular weight excluding hydrogens is 252 g/mol. The topological polar surface area (TPSA) is 64.8 Å². The van der Waals surface area contributed by atoms with Crippen molar-refractivity contribution in [3.63, 3.8) is 0 Å². The molecule has 6 heteroatoms. The van der Waals surface area contributed by atoms with Gasteiger partial charge in [-0.15, -0.1) is 0 Å². The fourth-order valence-electron chi connectivity index (χ4n) is 1.67. The van der Waals surface area contributed by atoms with E-state index in [1.165, 1.54) is 0 Å². The van der Waals surface area contributed by atoms with Gasteiger partial charge in [0.25, 0.3) is 0 Å². The Hall–Kier alpha value is -0.720. The number of carbonyl (C=O) groups excluding carboxylic acids is 1. The maximum absolute atomic E-state index is 12.4. The highest BCUT2D eigenvalue weighted by molar-refractivity contribution is 7.80. The molecule has 1 unspecified atom stereocenters. The number of nitrogens with zero attached hydrogens (tertiary/aromatic N) is 1. The van der Waals surface area contributed by atoms with Crippen LogP contribution in [0.3, 0.4) is 0 Å². The first-order valence-corrected chi connectivity index (χ1v) is 6.42. The van der Waals surface area contributed by atoms with Crippen molar-refractivity contribution in [1.82, 2.24) is 4.90 Å². The van der Waals surface area contributed by atoms with Crippen molar-refractivity contribution in [3.8, 4) is 0 Å². The molecule has 1 atom stereocenters. The van der Waals surface area contributed by atoms with E-state index in [9.17, 15) is 4.79 Å². The van der Waals surface area contributed by atoms with Gasteiger partial charge in [0.15, 0.2) is 0 Å². The van der Waals surface area contributed by atoms with E-state index in [0.29, 0.717) is 26.3 Å². The van der Waals surface area contributed by atoms with E-state index in [-0.39, 0.29) is 16.8 Å². The minimum Gasteiger partial charge on any atom is -0.393 e. The largest absolute Gasteiger partial charge is 0.393 e. The molecule has 0 aromatic rings. The Bertz CT molecular complexity index is 264. The van der Waals surface area contributed by atoms with Crippen LogP contribution in [0, 0.1) is 11.8 Å². The van der Waals surface area contributed by atoms with Crippen molar-refractivity contribution >= 4 is 23.1 Å². The zero-order chi connectivity index (χ0) is 14.1. The van der Waals surface area contributed by atoms with Gasteiger partial charge in [-0.1, -0.05) is 26.1 Å². The second-order valence-electron chi connectivity index (χ2n) is 4.43. The molecule has 2 N–H and O–H groups in total. The van der Waals surface area contributed by atoms with Crippen LogP contribution in [-0.4, -0.2) is 56.3 Å². The summed E-state index contributed by atoms with van der Waals surface area (Å²) >= 11 is 4.98. The summed E-state index contributed by atoms with van der Waals surface area (Å²) in [4.78, 5) is 14.3. The number of thiocarbonyl (C=S) groups is 1. The molecule has 0 aliphatic heterocycles. The third kappa shape index (κ3) is 5.75. The van der Waals surface area contributed by atoms with Crippen molar-refractivity contribution in [2.75, 3.05) is 40.5 Å². The summed E-state index contributed by atoms with van der Waals surface area (Å²) in [5.74, 6) is -0.386. The smallest absolute Gasteiger partial charge is 0.232 e. The second-order valence-corrected chi connectivity index (χ2v) is 4.91. The maximum atomic E-state index is 12.4. The second kappa shape index (κ2) is 9.24. The van der Waals surface area contributed by atoms with Gasteiger partial charge in [0.05, 0.1) is 24.1 Å². The highest BCUT2D eigenvalue weighted by Crippen LogP contribution is 2.15. The molecule has 5 nitrogen and oxygen atoms in total. The van der Waals surface area contributed by atoms with E-state index < -0.39 is 5.92 Å². The molecule has 1 amide bonds. The minimum absolute atomic E-state index is 0.0494. The van der Waals surface area contributed by atoms with Gasteiger partial charge in [-0.2, -0.15) is 0 Å². The maximum Gasteiger partial charge on any atom is 0.232 e. The number of rotatable bonds is 9. The Morgan fingerprint density at radius 2 is 1.67 bits per heavy atom. The summed E-state index contributed by atoms with van der Waals surface area (Å²) in [7, 11) is 3.21. The Morgan fingerprint density at radius 1 is 1.22 bits per heavy atom. The molecular formula is C12H24N2O3S. The van der Waals surface area contributed by atoms with Crippen LogP contribution in [0.5, 0.6) is 0 Å². The first-order chi connectivity index (χ1) is 8.45. The average molecular weight is 276 g/mol. The molecule has 18 heavy (non-hydrogen) atoms. The predicted molar refractivity (Wildman–Crippen MR) is 75.4 cm³/mol. The lowest BCUT2D eigenvalue weighted by Crippen LogP contribution is -2.46. The van der Waals surface area contributed by atoms with Gasteiger partial charge in [0.2, 0.25) is 5.91 Å². The van der Waals surface area contributed by atoms with Gasteiger partial charge in [-0.05, 0) is 5.92 Å². The number of hydrogen-bond acceptors (Lipinski definition) is 4. The monoisotopic (exact) mass is 276 g/mol. The van der Waals surface area contributed by atoms with Gasteiger partial charge in [0, 0.05) is 27.3 Å². The van der Waals surface area contributed by atoms with Crippen LogP contribution in [0.15, 0.2) is 0 Å². The Morgan fingerprint density at radius 3 is 1.94 bits per heavy atom. The lowest BCUT2D eigenvalue weighted by Gasteiger charge is -2.28. The van der Waals surface area contributed by atoms with E-state index in [1.807, 2.05) is 13.8 Å². The van der Waals surface area contributed by atoms with Crippen LogP contribution in [-0.2, 0) is 14.3 Å². The molecule has 0 aliphatic carbocycles. The number of carbonyl (C=O) groups is 1. The lowest BCUT2D eigenvalue weighted by molar-refractivity contribution is -0.135. The first kappa shape index (κ1) is 17.3. The summed E-state index contributed by atoms with van der Waals surface area (Å²) in [6, 6.07) is 0. The minimum atomic E-state index is -0.422. The molecule has 0 rings (SSSR count). The number of nitrogens with two attached hydrogens (primary N) is 1. The fraction of sp³-hybridized carbons (Fsp3) is 0.833. The summed E-state index contributed by atoms with van der Waals surface area (Å²) in [5, 5.41) is 0. The zero-order valence-corrected chi connectivity index (χ0v) is 12.5. The van der Waals surface area contributed by atoms with Gasteiger partial charge in [-0.25, -0.2) is 0 Å². The van der Waals surface area contributed by atoms with Crippen LogP contribution < -0.4 is 5.73 Å². The van der Waals surface area contributed by atoms with Crippen molar-refractivity contribution < 1.29 is 14.3 Å². The predicted octanol–water partition coefficient (Wildman–Crippen LogP) is 0.666. The molecule has 0 saturated heterocycles. The van der Waals surface area contributed by atoms with Crippen molar-refractivity contribution in [1.29, 1.82) is 0 Å².